The number of aromatic carboxylic acids is 1. The Balaban J connectivity index is 3.52. The lowest BCUT2D eigenvalue weighted by Gasteiger charge is -2.14. The topological polar surface area (TPSA) is 95.4 Å². The van der Waals surface area contributed by atoms with Crippen LogP contribution in [0, 0.1) is 5.92 Å². The first-order valence-electron chi connectivity index (χ1n) is 5.98. The van der Waals surface area contributed by atoms with Crippen LogP contribution in [0.4, 0.5) is 0 Å². The number of carboxylic acids is 1. The third-order valence-corrected chi connectivity index (χ3v) is 2.52. The lowest BCUT2D eigenvalue weighted by atomic mass is 10.2. The van der Waals surface area contributed by atoms with Crippen molar-refractivity contribution in [1.29, 1.82) is 0 Å². The molecule has 1 rings (SSSR count). The second kappa shape index (κ2) is 5.83. The van der Waals surface area contributed by atoms with Crippen molar-refractivity contribution >= 4 is 5.97 Å². The minimum absolute atomic E-state index is 0.0951. The molecular weight excluding hydrogens is 250 g/mol. The third-order valence-electron chi connectivity index (χ3n) is 2.52. The van der Waals surface area contributed by atoms with Crippen molar-refractivity contribution in [2.45, 2.75) is 26.9 Å². The normalized spacial score (nSPS) is 11.3. The zero-order valence-electron chi connectivity index (χ0n) is 11.6. The van der Waals surface area contributed by atoms with E-state index in [9.17, 15) is 14.4 Å². The molecule has 1 aromatic rings. The van der Waals surface area contributed by atoms with E-state index in [1.807, 2.05) is 13.8 Å². The number of H-pyrrole nitrogens is 1. The number of carboxylic acid groups (broad SMARTS) is 1. The van der Waals surface area contributed by atoms with Crippen LogP contribution in [0.25, 0.3) is 0 Å². The van der Waals surface area contributed by atoms with Gasteiger partial charge in [-0.25, -0.2) is 9.59 Å². The molecule has 1 aromatic heterocycles. The minimum atomic E-state index is -1.30. The van der Waals surface area contributed by atoms with Gasteiger partial charge in [-0.05, 0) is 20.0 Å². The molecule has 1 heterocycles. The third kappa shape index (κ3) is 3.54. The molecule has 0 aliphatic heterocycles. The van der Waals surface area contributed by atoms with Gasteiger partial charge in [0.05, 0.1) is 5.56 Å². The van der Waals surface area contributed by atoms with Gasteiger partial charge in [-0.3, -0.25) is 9.36 Å². The fourth-order valence-corrected chi connectivity index (χ4v) is 1.79. The first kappa shape index (κ1) is 15.2. The van der Waals surface area contributed by atoms with Gasteiger partial charge in [0.15, 0.2) is 0 Å². The molecule has 0 aliphatic rings. The Morgan fingerprint density at radius 3 is 2.37 bits per heavy atom. The fraction of sp³-hybridized carbons (Fsp3) is 0.583. The van der Waals surface area contributed by atoms with Crippen LogP contribution < -0.4 is 11.2 Å². The second-order valence-corrected chi connectivity index (χ2v) is 5.14. The van der Waals surface area contributed by atoms with Gasteiger partial charge in [0, 0.05) is 13.1 Å². The molecule has 0 amide bonds. The number of nitrogens with one attached hydrogen (secondary N) is 1. The molecule has 0 aliphatic carbocycles. The Morgan fingerprint density at radius 2 is 1.95 bits per heavy atom. The molecule has 0 radical (unpaired) electrons. The van der Waals surface area contributed by atoms with Crippen molar-refractivity contribution in [1.82, 2.24) is 14.5 Å². The smallest absolute Gasteiger partial charge is 0.352 e. The molecule has 0 fully saturated rings. The molecule has 19 heavy (non-hydrogen) atoms. The van der Waals surface area contributed by atoms with Crippen LogP contribution in [0.15, 0.2) is 9.59 Å². The molecule has 7 nitrogen and oxygen atoms in total. The van der Waals surface area contributed by atoms with E-state index in [4.69, 9.17) is 5.11 Å². The highest BCUT2D eigenvalue weighted by atomic mass is 16.4. The summed E-state index contributed by atoms with van der Waals surface area (Å²) in [6.45, 7) is 4.18. The van der Waals surface area contributed by atoms with Gasteiger partial charge >= 0.3 is 11.7 Å². The maximum absolute atomic E-state index is 12.2. The number of hydrogen-bond acceptors (Lipinski definition) is 4. The standard InChI is InChI=1S/C12H19N3O4/c1-7(2)5-15-10(16)8(6-14(3)4)9(11(17)18)13-12(15)19/h7H,5-6H2,1-4H3,(H,13,19)(H,17,18). The first-order chi connectivity index (χ1) is 8.73. The van der Waals surface area contributed by atoms with Crippen LogP contribution in [0.1, 0.15) is 29.9 Å². The van der Waals surface area contributed by atoms with Crippen molar-refractivity contribution in [3.63, 3.8) is 0 Å². The average Bonchev–Trinajstić information content (AvgIpc) is 2.26. The first-order valence-corrected chi connectivity index (χ1v) is 5.98. The Hall–Kier alpha value is -1.89. The van der Waals surface area contributed by atoms with Crippen molar-refractivity contribution in [3.05, 3.63) is 32.1 Å². The zero-order chi connectivity index (χ0) is 14.7. The van der Waals surface area contributed by atoms with E-state index in [1.54, 1.807) is 19.0 Å². The second-order valence-electron chi connectivity index (χ2n) is 5.14. The van der Waals surface area contributed by atoms with Gasteiger partial charge in [-0.1, -0.05) is 13.8 Å². The number of carbonyl (C=O) groups is 1. The van der Waals surface area contributed by atoms with E-state index in [-0.39, 0.29) is 30.3 Å². The van der Waals surface area contributed by atoms with Crippen LogP contribution in [-0.4, -0.2) is 39.6 Å². The summed E-state index contributed by atoms with van der Waals surface area (Å²) in [5, 5.41) is 9.06. The monoisotopic (exact) mass is 269 g/mol. The molecule has 0 aromatic carbocycles. The van der Waals surface area contributed by atoms with E-state index in [2.05, 4.69) is 4.98 Å². The largest absolute Gasteiger partial charge is 0.477 e. The molecule has 0 saturated heterocycles. The molecule has 0 atom stereocenters. The Bertz CT molecular complexity index is 584. The van der Waals surface area contributed by atoms with E-state index in [0.29, 0.717) is 0 Å². The highest BCUT2D eigenvalue weighted by molar-refractivity contribution is 5.86. The molecule has 0 saturated carbocycles. The summed E-state index contributed by atoms with van der Waals surface area (Å²) in [5.41, 5.74) is -1.45. The highest BCUT2D eigenvalue weighted by Gasteiger charge is 2.19. The van der Waals surface area contributed by atoms with Gasteiger partial charge in [0.1, 0.15) is 5.69 Å². The quantitative estimate of drug-likeness (QED) is 0.781. The number of hydrogen-bond donors (Lipinski definition) is 2. The van der Waals surface area contributed by atoms with Crippen LogP contribution in [0.5, 0.6) is 0 Å². The van der Waals surface area contributed by atoms with Crippen LogP contribution in [0.3, 0.4) is 0 Å². The summed E-state index contributed by atoms with van der Waals surface area (Å²) in [7, 11) is 3.45. The number of nitrogens with zero attached hydrogens (tertiary/aromatic N) is 2. The molecule has 0 spiro atoms. The Morgan fingerprint density at radius 1 is 1.37 bits per heavy atom. The summed E-state index contributed by atoms with van der Waals surface area (Å²) in [6.07, 6.45) is 0. The number of aromatic nitrogens is 2. The fourth-order valence-electron chi connectivity index (χ4n) is 1.79. The molecular formula is C12H19N3O4. The van der Waals surface area contributed by atoms with Crippen molar-refractivity contribution in [2.24, 2.45) is 5.92 Å². The zero-order valence-corrected chi connectivity index (χ0v) is 11.6. The van der Waals surface area contributed by atoms with Crippen LogP contribution in [-0.2, 0) is 13.1 Å². The average molecular weight is 269 g/mol. The van der Waals surface area contributed by atoms with Gasteiger partial charge in [-0.15, -0.1) is 0 Å². The summed E-state index contributed by atoms with van der Waals surface area (Å²) in [4.78, 5) is 39.1. The lowest BCUT2D eigenvalue weighted by molar-refractivity contribution is 0.0687. The van der Waals surface area contributed by atoms with E-state index in [1.165, 1.54) is 0 Å². The maximum Gasteiger partial charge on any atom is 0.352 e. The maximum atomic E-state index is 12.2. The lowest BCUT2D eigenvalue weighted by Crippen LogP contribution is -2.41. The van der Waals surface area contributed by atoms with Crippen molar-refractivity contribution in [2.75, 3.05) is 14.1 Å². The Kier molecular flexibility index (Phi) is 4.66. The van der Waals surface area contributed by atoms with E-state index >= 15 is 0 Å². The minimum Gasteiger partial charge on any atom is -0.477 e. The number of aromatic amines is 1. The molecule has 0 bridgehead atoms. The van der Waals surface area contributed by atoms with Crippen LogP contribution in [0.2, 0.25) is 0 Å². The summed E-state index contributed by atoms with van der Waals surface area (Å²) >= 11 is 0. The highest BCUT2D eigenvalue weighted by Crippen LogP contribution is 2.02. The van der Waals surface area contributed by atoms with Gasteiger partial charge in [0.2, 0.25) is 0 Å². The van der Waals surface area contributed by atoms with Crippen LogP contribution >= 0.6 is 0 Å². The molecule has 2 N–H and O–H groups in total. The summed E-state index contributed by atoms with van der Waals surface area (Å²) in [6, 6.07) is 0. The van der Waals surface area contributed by atoms with Gasteiger partial charge in [0.25, 0.3) is 5.56 Å². The summed E-state index contributed by atoms with van der Waals surface area (Å²) < 4.78 is 1.05. The Labute approximate surface area is 110 Å². The van der Waals surface area contributed by atoms with E-state index < -0.39 is 17.2 Å². The predicted molar refractivity (Wildman–Crippen MR) is 70.5 cm³/mol. The van der Waals surface area contributed by atoms with Crippen molar-refractivity contribution < 1.29 is 9.90 Å². The molecule has 106 valence electrons. The van der Waals surface area contributed by atoms with Gasteiger partial charge < -0.3 is 15.0 Å². The SMILES string of the molecule is CC(C)Cn1c(=O)[nH]c(C(=O)O)c(CN(C)C)c1=O. The predicted octanol–water partition coefficient (Wildman–Crippen LogP) is -0.0476. The molecule has 7 heteroatoms. The van der Waals surface area contributed by atoms with Gasteiger partial charge in [-0.2, -0.15) is 0 Å². The molecule has 0 unspecified atom stereocenters. The van der Waals surface area contributed by atoms with E-state index in [0.717, 1.165) is 4.57 Å². The summed E-state index contributed by atoms with van der Waals surface area (Å²) in [5.74, 6) is -1.19. The number of rotatable bonds is 5. The van der Waals surface area contributed by atoms with Crippen molar-refractivity contribution in [3.8, 4) is 0 Å².